The molecule has 0 aliphatic heterocycles. The Bertz CT molecular complexity index is 3630. The monoisotopic (exact) mass is 611 g/mol. The zero-order chi connectivity index (χ0) is 44.0. The second-order valence-corrected chi connectivity index (χ2v) is 11.2. The standard InChI is InChI=1S/C46H28O/c1-2-12-29(13-3-1)42-27-33(26-31-15-5-6-16-34(31)42)45-39-20-10-8-18-37(39)44(38-19-9-11-21-40(38)45)32-23-24-36-41-25-22-30-14-4-7-17-35(30)46(41)47-43(36)28-32/h1-28H/i4D,5D,6D,7D,14D,15D,16D,17D,22D,23D,24D,25D,26D,27D,28D. The molecule has 9 aromatic carbocycles. The van der Waals surface area contributed by atoms with Crippen molar-refractivity contribution < 1.29 is 25.0 Å². The van der Waals surface area contributed by atoms with Gasteiger partial charge in [0.1, 0.15) is 11.2 Å². The average Bonchev–Trinajstić information content (AvgIpc) is 3.68. The molecule has 0 saturated heterocycles. The fraction of sp³-hybridized carbons (Fsp3) is 0. The summed E-state index contributed by atoms with van der Waals surface area (Å²) in [6.07, 6.45) is 0. The minimum atomic E-state index is -0.592. The summed E-state index contributed by atoms with van der Waals surface area (Å²) >= 11 is 0. The maximum atomic E-state index is 9.84. The van der Waals surface area contributed by atoms with Gasteiger partial charge in [-0.05, 0) is 101 Å². The van der Waals surface area contributed by atoms with Crippen LogP contribution in [-0.4, -0.2) is 0 Å². The van der Waals surface area contributed by atoms with E-state index in [2.05, 4.69) is 0 Å². The van der Waals surface area contributed by atoms with Crippen molar-refractivity contribution in [1.29, 1.82) is 0 Å². The maximum Gasteiger partial charge on any atom is 0.143 e. The van der Waals surface area contributed by atoms with E-state index < -0.39 is 66.5 Å². The summed E-state index contributed by atoms with van der Waals surface area (Å²) < 4.78 is 141. The topological polar surface area (TPSA) is 13.1 Å². The lowest BCUT2D eigenvalue weighted by atomic mass is 9.84. The van der Waals surface area contributed by atoms with Crippen LogP contribution in [0.2, 0.25) is 0 Å². The predicted molar refractivity (Wildman–Crippen MR) is 200 cm³/mol. The molecule has 1 heteroatoms. The Morgan fingerprint density at radius 2 is 0.979 bits per heavy atom. The van der Waals surface area contributed by atoms with E-state index in [1.165, 1.54) is 0 Å². The third-order valence-corrected chi connectivity index (χ3v) is 8.62. The van der Waals surface area contributed by atoms with Gasteiger partial charge in [-0.2, -0.15) is 0 Å². The van der Waals surface area contributed by atoms with E-state index in [0.29, 0.717) is 38.2 Å². The Hall–Kier alpha value is -6.18. The van der Waals surface area contributed by atoms with Crippen LogP contribution in [0.15, 0.2) is 174 Å². The van der Waals surface area contributed by atoms with E-state index in [0.717, 1.165) is 0 Å². The van der Waals surface area contributed by atoms with Crippen LogP contribution in [0.5, 0.6) is 0 Å². The van der Waals surface area contributed by atoms with Crippen LogP contribution in [0.1, 0.15) is 20.6 Å². The first-order valence-corrected chi connectivity index (χ1v) is 15.0. The summed E-state index contributed by atoms with van der Waals surface area (Å²) in [6, 6.07) is 16.2. The van der Waals surface area contributed by atoms with Gasteiger partial charge in [0.2, 0.25) is 0 Å². The zero-order valence-corrected chi connectivity index (χ0v) is 24.4. The van der Waals surface area contributed by atoms with Crippen molar-refractivity contribution in [3.05, 3.63) is 169 Å². The van der Waals surface area contributed by atoms with Gasteiger partial charge in [0, 0.05) is 16.2 Å². The highest BCUT2D eigenvalue weighted by atomic mass is 16.3. The molecule has 0 unspecified atom stereocenters. The van der Waals surface area contributed by atoms with E-state index in [1.54, 1.807) is 78.9 Å². The van der Waals surface area contributed by atoms with Crippen molar-refractivity contribution in [2.24, 2.45) is 0 Å². The number of fused-ring (bicyclic) bond motifs is 8. The summed E-state index contributed by atoms with van der Waals surface area (Å²) in [7, 11) is 0. The predicted octanol–water partition coefficient (Wildman–Crippen LogP) is 13.2. The van der Waals surface area contributed by atoms with Crippen LogP contribution in [0.25, 0.3) is 98.4 Å². The van der Waals surface area contributed by atoms with Gasteiger partial charge < -0.3 is 4.42 Å². The highest BCUT2D eigenvalue weighted by Crippen LogP contribution is 2.46. The van der Waals surface area contributed by atoms with Gasteiger partial charge in [-0.15, -0.1) is 0 Å². The van der Waals surface area contributed by atoms with Crippen LogP contribution in [-0.2, 0) is 0 Å². The fourth-order valence-electron chi connectivity index (χ4n) is 6.58. The van der Waals surface area contributed by atoms with Gasteiger partial charge in [0.25, 0.3) is 0 Å². The largest absolute Gasteiger partial charge is 0.455 e. The van der Waals surface area contributed by atoms with Crippen molar-refractivity contribution in [3.63, 3.8) is 0 Å². The van der Waals surface area contributed by atoms with Gasteiger partial charge in [0.05, 0.1) is 20.6 Å². The summed E-state index contributed by atoms with van der Waals surface area (Å²) in [5, 5.41) is 1.20. The summed E-state index contributed by atoms with van der Waals surface area (Å²) in [4.78, 5) is 0. The number of rotatable bonds is 3. The number of benzene rings is 9. The molecule has 0 atom stereocenters. The average molecular weight is 612 g/mol. The molecule has 0 aliphatic rings. The van der Waals surface area contributed by atoms with Gasteiger partial charge in [0.15, 0.2) is 0 Å². The third kappa shape index (κ3) is 3.97. The molecule has 0 spiro atoms. The van der Waals surface area contributed by atoms with Crippen LogP contribution in [0, 0.1) is 0 Å². The van der Waals surface area contributed by atoms with Crippen LogP contribution in [0.3, 0.4) is 0 Å². The molecule has 218 valence electrons. The molecule has 0 N–H and O–H groups in total. The Balaban J connectivity index is 1.38. The number of hydrogen-bond acceptors (Lipinski definition) is 1. The normalized spacial score (nSPS) is 16.3. The fourth-order valence-corrected chi connectivity index (χ4v) is 6.58. The van der Waals surface area contributed by atoms with Crippen LogP contribution < -0.4 is 0 Å². The molecule has 10 rings (SSSR count). The molecule has 10 aromatic rings. The van der Waals surface area contributed by atoms with E-state index in [4.69, 9.17) is 18.1 Å². The van der Waals surface area contributed by atoms with Crippen LogP contribution in [0.4, 0.5) is 0 Å². The molecule has 0 aliphatic carbocycles. The first-order chi connectivity index (χ1) is 29.6. The highest BCUT2D eigenvalue weighted by molar-refractivity contribution is 6.23. The summed E-state index contributed by atoms with van der Waals surface area (Å²) in [5.41, 5.74) is 1.10. The van der Waals surface area contributed by atoms with E-state index in [-0.39, 0.29) is 84.3 Å². The molecule has 0 amide bonds. The lowest BCUT2D eigenvalue weighted by molar-refractivity contribution is 0.673. The lowest BCUT2D eigenvalue weighted by Crippen LogP contribution is -1.92. The molecule has 0 saturated carbocycles. The quantitative estimate of drug-likeness (QED) is 0.181. The molecule has 47 heavy (non-hydrogen) atoms. The van der Waals surface area contributed by atoms with Gasteiger partial charge in [-0.3, -0.25) is 0 Å². The molecule has 1 nitrogen and oxygen atoms in total. The number of hydrogen-bond donors (Lipinski definition) is 0. The molecule has 1 heterocycles. The Kier molecular flexibility index (Phi) is 3.33. The van der Waals surface area contributed by atoms with Crippen molar-refractivity contribution in [3.8, 4) is 33.4 Å². The number of furan rings is 1. The SMILES string of the molecule is [2H]c1c([2H])c([2H])c2c(-c3ccccc3)c([2H])c(-c3c4ccccc4c(-c4c([2H])c([2H])c5c(oc6c7c([2H])c([2H])c([2H])c([2H])c7c([2H])c([2H])c65)c4[2H])c4ccccc34)c([2H])c2c1[2H]. The van der Waals surface area contributed by atoms with Gasteiger partial charge in [-0.25, -0.2) is 0 Å². The van der Waals surface area contributed by atoms with Crippen molar-refractivity contribution in [1.82, 2.24) is 0 Å². The summed E-state index contributed by atoms with van der Waals surface area (Å²) in [5.74, 6) is 0. The Labute approximate surface area is 293 Å². The van der Waals surface area contributed by atoms with Crippen molar-refractivity contribution in [2.45, 2.75) is 0 Å². The highest BCUT2D eigenvalue weighted by Gasteiger charge is 2.19. The van der Waals surface area contributed by atoms with Gasteiger partial charge >= 0.3 is 0 Å². The smallest absolute Gasteiger partial charge is 0.143 e. The Morgan fingerprint density at radius 3 is 1.70 bits per heavy atom. The zero-order valence-electron chi connectivity index (χ0n) is 39.4. The van der Waals surface area contributed by atoms with E-state index in [1.807, 2.05) is 0 Å². The van der Waals surface area contributed by atoms with Crippen LogP contribution >= 0.6 is 0 Å². The van der Waals surface area contributed by atoms with Gasteiger partial charge in [-0.1, -0.05) is 139 Å². The minimum Gasteiger partial charge on any atom is -0.455 e. The summed E-state index contributed by atoms with van der Waals surface area (Å²) in [6.45, 7) is 0. The second-order valence-electron chi connectivity index (χ2n) is 11.2. The Morgan fingerprint density at radius 1 is 0.383 bits per heavy atom. The molecule has 0 radical (unpaired) electrons. The first-order valence-electron chi connectivity index (χ1n) is 22.5. The first kappa shape index (κ1) is 15.4. The van der Waals surface area contributed by atoms with E-state index in [9.17, 15) is 6.85 Å². The second kappa shape index (κ2) is 10.2. The maximum absolute atomic E-state index is 9.84. The minimum absolute atomic E-state index is 0.0286. The van der Waals surface area contributed by atoms with Crippen molar-refractivity contribution >= 4 is 65.0 Å². The lowest BCUT2D eigenvalue weighted by Gasteiger charge is -2.19. The molecule has 0 bridgehead atoms. The molecule has 0 fully saturated rings. The molecule has 1 aromatic heterocycles. The van der Waals surface area contributed by atoms with Crippen molar-refractivity contribution in [2.75, 3.05) is 0 Å². The van der Waals surface area contributed by atoms with E-state index >= 15 is 0 Å². The molecular formula is C46H28O. The third-order valence-electron chi connectivity index (χ3n) is 8.62. The molecular weight excluding hydrogens is 569 g/mol.